The van der Waals surface area contributed by atoms with Gasteiger partial charge in [-0.2, -0.15) is 0 Å². The van der Waals surface area contributed by atoms with Crippen molar-refractivity contribution >= 4 is 28.9 Å². The minimum absolute atomic E-state index is 0.0176. The number of carbonyl (C=O) groups excluding carboxylic acids is 2. The molecule has 0 aliphatic carbocycles. The fraction of sp³-hybridized carbons (Fsp3) is 0.375. The third kappa shape index (κ3) is 2.14. The van der Waals surface area contributed by atoms with Gasteiger partial charge in [-0.05, 0) is 18.2 Å². The molecular weight excluding hydrogens is 206 g/mol. The first kappa shape index (κ1) is 10.8. The van der Waals surface area contributed by atoms with Crippen molar-refractivity contribution in [2.24, 2.45) is 0 Å². The van der Waals surface area contributed by atoms with Gasteiger partial charge in [-0.1, -0.05) is 6.92 Å². The van der Waals surface area contributed by atoms with Gasteiger partial charge in [0, 0.05) is 12.6 Å². The normalized spacial score (nSPS) is 19.5. The van der Waals surface area contributed by atoms with Crippen LogP contribution in [0.25, 0.3) is 0 Å². The molecule has 0 bridgehead atoms. The first-order chi connectivity index (χ1) is 6.56. The number of amides is 2. The number of carboxylic acids is 1. The summed E-state index contributed by atoms with van der Waals surface area (Å²) < 4.78 is 0. The molecule has 0 aromatic heterocycles. The van der Waals surface area contributed by atoms with Gasteiger partial charge in [-0.15, -0.1) is 0 Å². The highest BCUT2D eigenvalue weighted by atomic mass is 32.2. The third-order valence-corrected chi connectivity index (χ3v) is 2.48. The van der Waals surface area contributed by atoms with E-state index in [0.717, 1.165) is 11.0 Å². The minimum Gasteiger partial charge on any atom is -0.478 e. The SMILES string of the molecule is CCCN1C(=O)S/C(=C/C(=O)O)C1=O. The smallest absolute Gasteiger partial charge is 0.329 e. The van der Waals surface area contributed by atoms with Crippen LogP contribution in [0.15, 0.2) is 11.0 Å². The molecule has 1 fully saturated rings. The average molecular weight is 215 g/mol. The number of hydrogen-bond acceptors (Lipinski definition) is 4. The molecule has 0 unspecified atom stereocenters. The van der Waals surface area contributed by atoms with Crippen molar-refractivity contribution in [1.82, 2.24) is 4.90 Å². The van der Waals surface area contributed by atoms with Gasteiger partial charge in [0.15, 0.2) is 0 Å². The third-order valence-electron chi connectivity index (χ3n) is 1.58. The van der Waals surface area contributed by atoms with Crippen LogP contribution in [-0.4, -0.2) is 33.7 Å². The van der Waals surface area contributed by atoms with Crippen molar-refractivity contribution in [3.05, 3.63) is 11.0 Å². The van der Waals surface area contributed by atoms with Crippen LogP contribution in [-0.2, 0) is 9.59 Å². The van der Waals surface area contributed by atoms with E-state index in [0.29, 0.717) is 24.7 Å². The highest BCUT2D eigenvalue weighted by molar-refractivity contribution is 8.18. The Morgan fingerprint density at radius 2 is 2.21 bits per heavy atom. The van der Waals surface area contributed by atoms with Crippen LogP contribution >= 0.6 is 11.8 Å². The number of imide groups is 1. The molecule has 0 aromatic carbocycles. The first-order valence-corrected chi connectivity index (χ1v) is 4.86. The summed E-state index contributed by atoms with van der Waals surface area (Å²) in [5.41, 5.74) is 0. The highest BCUT2D eigenvalue weighted by Gasteiger charge is 2.34. The highest BCUT2D eigenvalue weighted by Crippen LogP contribution is 2.30. The first-order valence-electron chi connectivity index (χ1n) is 4.04. The van der Waals surface area contributed by atoms with Gasteiger partial charge < -0.3 is 5.11 Å². The second kappa shape index (κ2) is 4.28. The Morgan fingerprint density at radius 1 is 1.57 bits per heavy atom. The van der Waals surface area contributed by atoms with Crippen LogP contribution in [0.1, 0.15) is 13.3 Å². The van der Waals surface area contributed by atoms with Gasteiger partial charge in [0.25, 0.3) is 11.1 Å². The zero-order valence-corrected chi connectivity index (χ0v) is 8.34. The summed E-state index contributed by atoms with van der Waals surface area (Å²) in [5.74, 6) is -1.73. The number of nitrogens with zero attached hydrogens (tertiary/aromatic N) is 1. The molecule has 0 saturated carbocycles. The molecule has 1 aliphatic heterocycles. The van der Waals surface area contributed by atoms with Crippen LogP contribution in [0.4, 0.5) is 4.79 Å². The molecule has 1 aliphatic rings. The Morgan fingerprint density at radius 3 is 2.71 bits per heavy atom. The summed E-state index contributed by atoms with van der Waals surface area (Å²) in [4.78, 5) is 33.9. The average Bonchev–Trinajstić information content (AvgIpc) is 2.32. The van der Waals surface area contributed by atoms with Gasteiger partial charge in [-0.3, -0.25) is 14.5 Å². The molecule has 0 aromatic rings. The van der Waals surface area contributed by atoms with Crippen molar-refractivity contribution in [2.75, 3.05) is 6.54 Å². The standard InChI is InChI=1S/C8H9NO4S/c1-2-3-9-7(12)5(4-6(10)11)14-8(9)13/h4H,2-3H2,1H3,(H,10,11)/b5-4+. The fourth-order valence-electron chi connectivity index (χ4n) is 1.03. The summed E-state index contributed by atoms with van der Waals surface area (Å²) in [6.07, 6.45) is 1.43. The number of thioether (sulfide) groups is 1. The molecule has 76 valence electrons. The molecule has 1 heterocycles. The van der Waals surface area contributed by atoms with Gasteiger partial charge in [0.05, 0.1) is 4.91 Å². The molecule has 0 spiro atoms. The Kier molecular flexibility index (Phi) is 3.29. The monoisotopic (exact) mass is 215 g/mol. The molecular formula is C8H9NO4S. The summed E-state index contributed by atoms with van der Waals surface area (Å²) in [6.45, 7) is 2.17. The van der Waals surface area contributed by atoms with Crippen LogP contribution in [0, 0.1) is 0 Å². The maximum Gasteiger partial charge on any atom is 0.329 e. The van der Waals surface area contributed by atoms with Gasteiger partial charge in [0.2, 0.25) is 0 Å². The van der Waals surface area contributed by atoms with E-state index in [1.54, 1.807) is 0 Å². The maximum absolute atomic E-state index is 11.4. The molecule has 2 amide bonds. The Hall–Kier alpha value is -1.30. The quantitative estimate of drug-likeness (QED) is 0.712. The van der Waals surface area contributed by atoms with Crippen LogP contribution < -0.4 is 0 Å². The second-order valence-electron chi connectivity index (χ2n) is 2.67. The zero-order valence-electron chi connectivity index (χ0n) is 7.52. The Bertz CT molecular complexity index is 323. The summed E-state index contributed by atoms with van der Waals surface area (Å²) in [6, 6.07) is 0. The van der Waals surface area contributed by atoms with Crippen molar-refractivity contribution in [2.45, 2.75) is 13.3 Å². The van der Waals surface area contributed by atoms with E-state index in [-0.39, 0.29) is 4.91 Å². The van der Waals surface area contributed by atoms with Crippen LogP contribution in [0.3, 0.4) is 0 Å². The lowest BCUT2D eigenvalue weighted by molar-refractivity contribution is -0.132. The molecule has 14 heavy (non-hydrogen) atoms. The largest absolute Gasteiger partial charge is 0.478 e. The Balaban J connectivity index is 2.84. The summed E-state index contributed by atoms with van der Waals surface area (Å²) >= 11 is 0.668. The molecule has 1 rings (SSSR count). The fourth-order valence-corrected chi connectivity index (χ4v) is 1.86. The van der Waals surface area contributed by atoms with Crippen molar-refractivity contribution < 1.29 is 19.5 Å². The molecule has 0 atom stereocenters. The molecule has 1 N–H and O–H groups in total. The van der Waals surface area contributed by atoms with Gasteiger partial charge >= 0.3 is 5.97 Å². The molecule has 0 radical (unpaired) electrons. The lowest BCUT2D eigenvalue weighted by Gasteiger charge is -2.09. The number of aliphatic carboxylic acids is 1. The number of carbonyl (C=O) groups is 3. The number of carboxylic acid groups (broad SMARTS) is 1. The van der Waals surface area contributed by atoms with E-state index in [9.17, 15) is 14.4 Å². The minimum atomic E-state index is -1.22. The summed E-state index contributed by atoms with van der Waals surface area (Å²) in [5, 5.41) is 8.02. The topological polar surface area (TPSA) is 74.7 Å². The van der Waals surface area contributed by atoms with E-state index in [2.05, 4.69) is 0 Å². The van der Waals surface area contributed by atoms with E-state index < -0.39 is 17.1 Å². The Labute approximate surface area is 84.8 Å². The number of hydrogen-bond donors (Lipinski definition) is 1. The molecule has 1 saturated heterocycles. The van der Waals surface area contributed by atoms with E-state index in [4.69, 9.17) is 5.11 Å². The maximum atomic E-state index is 11.4. The van der Waals surface area contributed by atoms with Crippen molar-refractivity contribution in [1.29, 1.82) is 0 Å². The lowest BCUT2D eigenvalue weighted by atomic mass is 10.4. The molecule has 6 heteroatoms. The van der Waals surface area contributed by atoms with Crippen molar-refractivity contribution in [3.8, 4) is 0 Å². The molecule has 5 nitrogen and oxygen atoms in total. The van der Waals surface area contributed by atoms with Crippen LogP contribution in [0.2, 0.25) is 0 Å². The predicted octanol–water partition coefficient (Wildman–Crippen LogP) is 1.06. The van der Waals surface area contributed by atoms with E-state index in [1.165, 1.54) is 0 Å². The van der Waals surface area contributed by atoms with E-state index >= 15 is 0 Å². The van der Waals surface area contributed by atoms with Gasteiger partial charge in [0.1, 0.15) is 0 Å². The van der Waals surface area contributed by atoms with Gasteiger partial charge in [-0.25, -0.2) is 4.79 Å². The van der Waals surface area contributed by atoms with Crippen LogP contribution in [0.5, 0.6) is 0 Å². The summed E-state index contributed by atoms with van der Waals surface area (Å²) in [7, 11) is 0. The zero-order chi connectivity index (χ0) is 10.7. The predicted molar refractivity (Wildman–Crippen MR) is 50.7 cm³/mol. The van der Waals surface area contributed by atoms with E-state index in [1.807, 2.05) is 6.92 Å². The van der Waals surface area contributed by atoms with Crippen molar-refractivity contribution in [3.63, 3.8) is 0 Å². The number of rotatable bonds is 3. The second-order valence-corrected chi connectivity index (χ2v) is 3.66. The lowest BCUT2D eigenvalue weighted by Crippen LogP contribution is -2.28.